The minimum absolute atomic E-state index is 0.160. The van der Waals surface area contributed by atoms with E-state index in [0.29, 0.717) is 29.4 Å². The number of nitrogens with zero attached hydrogens (tertiary/aromatic N) is 2. The summed E-state index contributed by atoms with van der Waals surface area (Å²) < 4.78 is 12.4. The van der Waals surface area contributed by atoms with Gasteiger partial charge in [-0.3, -0.25) is 9.59 Å². The van der Waals surface area contributed by atoms with Crippen molar-refractivity contribution in [1.82, 2.24) is 9.78 Å². The van der Waals surface area contributed by atoms with E-state index >= 15 is 0 Å². The number of amides is 1. The first-order valence-corrected chi connectivity index (χ1v) is 10.4. The van der Waals surface area contributed by atoms with Crippen LogP contribution in [0.4, 0.5) is 5.69 Å². The number of rotatable bonds is 8. The molecule has 1 heterocycles. The number of benzene rings is 2. The van der Waals surface area contributed by atoms with Gasteiger partial charge in [0.2, 0.25) is 5.88 Å². The van der Waals surface area contributed by atoms with Crippen molar-refractivity contribution in [2.45, 2.75) is 33.3 Å². The summed E-state index contributed by atoms with van der Waals surface area (Å²) in [5.74, 6) is 0.573. The van der Waals surface area contributed by atoms with Gasteiger partial charge < -0.3 is 14.8 Å². The van der Waals surface area contributed by atoms with E-state index in [9.17, 15) is 9.59 Å². The predicted octanol–water partition coefficient (Wildman–Crippen LogP) is 4.39. The Morgan fingerprint density at radius 2 is 1.87 bits per heavy atom. The largest absolute Gasteiger partial charge is 0.494 e. The summed E-state index contributed by atoms with van der Waals surface area (Å²) in [7, 11) is 0. The van der Waals surface area contributed by atoms with Crippen molar-refractivity contribution in [1.29, 1.82) is 0 Å². The van der Waals surface area contributed by atoms with E-state index in [0.717, 1.165) is 11.3 Å². The van der Waals surface area contributed by atoms with E-state index in [2.05, 4.69) is 10.4 Å². The highest BCUT2D eigenvalue weighted by Crippen LogP contribution is 2.20. The lowest BCUT2D eigenvalue weighted by Crippen LogP contribution is -2.33. The molecule has 0 aliphatic heterocycles. The van der Waals surface area contributed by atoms with Crippen LogP contribution in [-0.4, -0.2) is 28.4 Å². The van der Waals surface area contributed by atoms with Crippen LogP contribution in [0.5, 0.6) is 11.6 Å². The number of aryl methyl sites for hydroxylation is 1. The molecule has 0 saturated heterocycles. The third-order valence-electron chi connectivity index (χ3n) is 4.53. The Balaban J connectivity index is 1.77. The normalized spacial score (nSPS) is 11.6. The zero-order valence-corrected chi connectivity index (χ0v) is 18.3. The number of carbonyl (C=O) groups excluding carboxylic acids is 1. The van der Waals surface area contributed by atoms with Gasteiger partial charge in [-0.25, -0.2) is 0 Å². The zero-order valence-electron chi connectivity index (χ0n) is 17.6. The van der Waals surface area contributed by atoms with E-state index in [1.165, 1.54) is 16.8 Å². The molecule has 7 nitrogen and oxygen atoms in total. The minimum Gasteiger partial charge on any atom is -0.494 e. The molecule has 0 aliphatic rings. The van der Waals surface area contributed by atoms with E-state index in [1.807, 2.05) is 20.8 Å². The fourth-order valence-electron chi connectivity index (χ4n) is 2.93. The molecule has 3 aromatic rings. The molecule has 0 spiro atoms. The molecule has 0 saturated carbocycles. The Kier molecular flexibility index (Phi) is 7.31. The lowest BCUT2D eigenvalue weighted by Gasteiger charge is -2.17. The Morgan fingerprint density at radius 3 is 2.55 bits per heavy atom. The summed E-state index contributed by atoms with van der Waals surface area (Å²) >= 11 is 6.08. The number of anilines is 1. The number of aromatic nitrogens is 2. The van der Waals surface area contributed by atoms with Gasteiger partial charge in [0.25, 0.3) is 11.5 Å². The Morgan fingerprint density at radius 1 is 1.13 bits per heavy atom. The fourth-order valence-corrected chi connectivity index (χ4v) is 3.10. The average Bonchev–Trinajstić information content (AvgIpc) is 2.76. The second-order valence-corrected chi connectivity index (χ2v) is 7.25. The minimum atomic E-state index is -0.787. The summed E-state index contributed by atoms with van der Waals surface area (Å²) in [4.78, 5) is 25.1. The van der Waals surface area contributed by atoms with E-state index < -0.39 is 6.10 Å². The van der Waals surface area contributed by atoms with Gasteiger partial charge in [0.1, 0.15) is 5.75 Å². The number of carbonyl (C=O) groups is 1. The molecular formula is C23H24ClN3O4. The van der Waals surface area contributed by atoms with Crippen LogP contribution in [0.15, 0.2) is 59.4 Å². The van der Waals surface area contributed by atoms with Crippen molar-refractivity contribution in [3.8, 4) is 17.3 Å². The highest BCUT2D eigenvalue weighted by molar-refractivity contribution is 6.30. The first-order valence-electron chi connectivity index (χ1n) is 9.98. The van der Waals surface area contributed by atoms with Gasteiger partial charge in [-0.15, -0.1) is 5.10 Å². The lowest BCUT2D eigenvalue weighted by molar-refractivity contribution is -0.123. The summed E-state index contributed by atoms with van der Waals surface area (Å²) in [5.41, 5.74) is 1.68. The Bertz CT molecular complexity index is 1110. The molecular weight excluding hydrogens is 418 g/mol. The van der Waals surface area contributed by atoms with Gasteiger partial charge in [0.15, 0.2) is 6.10 Å². The molecule has 0 fully saturated rings. The van der Waals surface area contributed by atoms with Crippen LogP contribution in [-0.2, 0) is 4.79 Å². The summed E-state index contributed by atoms with van der Waals surface area (Å²) in [5, 5.41) is 7.59. The van der Waals surface area contributed by atoms with Gasteiger partial charge in [0.05, 0.1) is 12.3 Å². The van der Waals surface area contributed by atoms with E-state index in [1.54, 1.807) is 42.5 Å². The standard InChI is InChI=1S/C23H24ClN3O4/c1-4-20(23(29)25-17-8-10-18(11-9-17)30-5-2)31-21-12-13-22(28)27(26-21)19-14-16(24)7-6-15(19)3/h6-14,20H,4-5H2,1-3H3,(H,25,29)/t20-/m0/s1. The maximum Gasteiger partial charge on any atom is 0.271 e. The van der Waals surface area contributed by atoms with Gasteiger partial charge in [-0.2, -0.15) is 4.68 Å². The van der Waals surface area contributed by atoms with Crippen LogP contribution in [0.2, 0.25) is 5.02 Å². The first-order chi connectivity index (χ1) is 14.9. The number of hydrogen-bond acceptors (Lipinski definition) is 5. The Labute approximate surface area is 185 Å². The quantitative estimate of drug-likeness (QED) is 0.560. The van der Waals surface area contributed by atoms with Crippen molar-refractivity contribution in [2.75, 3.05) is 11.9 Å². The van der Waals surface area contributed by atoms with Crippen molar-refractivity contribution in [3.63, 3.8) is 0 Å². The monoisotopic (exact) mass is 441 g/mol. The maximum atomic E-state index is 12.7. The Hall–Kier alpha value is -3.32. The first kappa shape index (κ1) is 22.4. The van der Waals surface area contributed by atoms with Crippen LogP contribution < -0.4 is 20.3 Å². The summed E-state index contributed by atoms with van der Waals surface area (Å²) in [6, 6.07) is 15.1. The van der Waals surface area contributed by atoms with Crippen molar-refractivity contribution < 1.29 is 14.3 Å². The van der Waals surface area contributed by atoms with Gasteiger partial charge in [0, 0.05) is 22.8 Å². The van der Waals surface area contributed by atoms with Gasteiger partial charge in [-0.05, 0) is 62.2 Å². The molecule has 3 rings (SSSR count). The predicted molar refractivity (Wildman–Crippen MR) is 121 cm³/mol. The molecule has 1 atom stereocenters. The molecule has 1 aromatic heterocycles. The zero-order chi connectivity index (χ0) is 22.4. The maximum absolute atomic E-state index is 12.7. The third kappa shape index (κ3) is 5.64. The van der Waals surface area contributed by atoms with Crippen LogP contribution >= 0.6 is 11.6 Å². The molecule has 162 valence electrons. The van der Waals surface area contributed by atoms with Crippen molar-refractivity contribution in [3.05, 3.63) is 75.5 Å². The highest BCUT2D eigenvalue weighted by Gasteiger charge is 2.20. The molecule has 0 aliphatic carbocycles. The molecule has 1 amide bonds. The summed E-state index contributed by atoms with van der Waals surface area (Å²) in [6.45, 7) is 6.16. The molecule has 0 bridgehead atoms. The van der Waals surface area contributed by atoms with Crippen LogP contribution in [0.25, 0.3) is 5.69 Å². The molecule has 31 heavy (non-hydrogen) atoms. The van der Waals surface area contributed by atoms with Crippen molar-refractivity contribution >= 4 is 23.2 Å². The topological polar surface area (TPSA) is 82.5 Å². The van der Waals surface area contributed by atoms with E-state index in [-0.39, 0.29) is 17.3 Å². The molecule has 8 heteroatoms. The summed E-state index contributed by atoms with van der Waals surface area (Å²) in [6.07, 6.45) is -0.370. The average molecular weight is 442 g/mol. The van der Waals surface area contributed by atoms with Crippen molar-refractivity contribution in [2.24, 2.45) is 0 Å². The van der Waals surface area contributed by atoms with Crippen LogP contribution in [0, 0.1) is 6.92 Å². The van der Waals surface area contributed by atoms with Crippen LogP contribution in [0.3, 0.4) is 0 Å². The molecule has 0 unspecified atom stereocenters. The highest BCUT2D eigenvalue weighted by atomic mass is 35.5. The third-order valence-corrected chi connectivity index (χ3v) is 4.77. The number of hydrogen-bond donors (Lipinski definition) is 1. The lowest BCUT2D eigenvalue weighted by atomic mass is 10.2. The second kappa shape index (κ2) is 10.1. The molecule has 2 aromatic carbocycles. The fraction of sp³-hybridized carbons (Fsp3) is 0.261. The van der Waals surface area contributed by atoms with Crippen LogP contribution in [0.1, 0.15) is 25.8 Å². The van der Waals surface area contributed by atoms with E-state index in [4.69, 9.17) is 21.1 Å². The van der Waals surface area contributed by atoms with Gasteiger partial charge in [-0.1, -0.05) is 24.6 Å². The number of ether oxygens (including phenoxy) is 2. The number of halogens is 1. The molecule has 1 N–H and O–H groups in total. The SMILES string of the molecule is CCOc1ccc(NC(=O)[C@H](CC)Oc2ccc(=O)n(-c3cc(Cl)ccc3C)n2)cc1. The molecule has 0 radical (unpaired) electrons. The second-order valence-electron chi connectivity index (χ2n) is 6.81. The van der Waals surface area contributed by atoms with Gasteiger partial charge >= 0.3 is 0 Å². The number of nitrogens with one attached hydrogen (secondary N) is 1. The smallest absolute Gasteiger partial charge is 0.271 e.